The highest BCUT2D eigenvalue weighted by Crippen LogP contribution is 2.37. The van der Waals surface area contributed by atoms with Crippen molar-refractivity contribution in [1.82, 2.24) is 9.55 Å². The van der Waals surface area contributed by atoms with E-state index >= 15 is 0 Å². The fraction of sp³-hybridized carbons (Fsp3) is 0.438. The van der Waals surface area contributed by atoms with Crippen LogP contribution in [-0.2, 0) is 6.54 Å². The van der Waals surface area contributed by atoms with Crippen LogP contribution in [0.1, 0.15) is 51.2 Å². The van der Waals surface area contributed by atoms with E-state index in [2.05, 4.69) is 23.4 Å². The normalized spacial score (nSPS) is 12.9. The molecule has 2 aromatic rings. The van der Waals surface area contributed by atoms with Gasteiger partial charge in [-0.25, -0.2) is 4.98 Å². The summed E-state index contributed by atoms with van der Waals surface area (Å²) in [6.45, 7) is 8.74. The Kier molecular flexibility index (Phi) is 5.83. The lowest BCUT2D eigenvalue weighted by Crippen LogP contribution is -2.06. The van der Waals surface area contributed by atoms with Gasteiger partial charge in [0.15, 0.2) is 0 Å². The maximum atomic E-state index is 9.97. The molecule has 0 saturated heterocycles. The summed E-state index contributed by atoms with van der Waals surface area (Å²) >= 11 is 13.8. The number of aromatic nitrogens is 2. The highest BCUT2D eigenvalue weighted by Gasteiger charge is 2.22. The first-order chi connectivity index (χ1) is 10.3. The number of imidazole rings is 1. The van der Waals surface area contributed by atoms with Gasteiger partial charge < -0.3 is 9.67 Å². The second-order valence-electron chi connectivity index (χ2n) is 5.44. The number of benzene rings is 1. The van der Waals surface area contributed by atoms with Gasteiger partial charge in [0.05, 0.1) is 5.69 Å². The van der Waals surface area contributed by atoms with Crippen LogP contribution in [0.15, 0.2) is 28.1 Å². The molecule has 6 heteroatoms. The third-order valence-electron chi connectivity index (χ3n) is 3.26. The van der Waals surface area contributed by atoms with Crippen molar-refractivity contribution < 1.29 is 5.11 Å². The molecule has 1 atom stereocenters. The fourth-order valence-corrected chi connectivity index (χ4v) is 4.25. The average Bonchev–Trinajstić information content (AvgIpc) is 2.76. The first-order valence-corrected chi connectivity index (χ1v) is 8.83. The molecule has 0 fully saturated rings. The van der Waals surface area contributed by atoms with E-state index in [4.69, 9.17) is 23.2 Å². The average molecular weight is 359 g/mol. The van der Waals surface area contributed by atoms with Gasteiger partial charge in [-0.1, -0.05) is 48.8 Å². The molecule has 0 aliphatic carbocycles. The first-order valence-electron chi connectivity index (χ1n) is 7.25. The second kappa shape index (κ2) is 7.26. The highest BCUT2D eigenvalue weighted by atomic mass is 35.5. The van der Waals surface area contributed by atoms with Gasteiger partial charge in [0.1, 0.15) is 17.0 Å². The zero-order chi connectivity index (χ0) is 16.4. The van der Waals surface area contributed by atoms with Crippen LogP contribution in [0.4, 0.5) is 0 Å². The van der Waals surface area contributed by atoms with E-state index in [1.54, 1.807) is 24.8 Å². The summed E-state index contributed by atoms with van der Waals surface area (Å²) in [5.74, 6) is 0.962. The summed E-state index contributed by atoms with van der Waals surface area (Å²) in [4.78, 5) is 5.61. The van der Waals surface area contributed by atoms with Gasteiger partial charge in [-0.05, 0) is 38.0 Å². The molecule has 1 N–H and O–H groups in total. The Morgan fingerprint density at radius 2 is 1.77 bits per heavy atom. The molecule has 0 radical (unpaired) electrons. The number of hydrogen-bond acceptors (Lipinski definition) is 3. The minimum absolute atomic E-state index is 0.266. The molecule has 22 heavy (non-hydrogen) atoms. The lowest BCUT2D eigenvalue weighted by molar-refractivity contribution is 0.183. The van der Waals surface area contributed by atoms with Gasteiger partial charge in [-0.2, -0.15) is 0 Å². The van der Waals surface area contributed by atoms with Crippen molar-refractivity contribution in [3.63, 3.8) is 0 Å². The van der Waals surface area contributed by atoms with Crippen LogP contribution in [0.2, 0.25) is 10.0 Å². The predicted molar refractivity (Wildman–Crippen MR) is 93.2 cm³/mol. The van der Waals surface area contributed by atoms with E-state index in [9.17, 15) is 5.11 Å². The molecular weight excluding hydrogens is 339 g/mol. The Labute approximate surface area is 145 Å². The third-order valence-corrected chi connectivity index (χ3v) is 4.79. The first kappa shape index (κ1) is 17.7. The predicted octanol–water partition coefficient (Wildman–Crippen LogP) is 5.54. The van der Waals surface area contributed by atoms with E-state index in [0.717, 1.165) is 22.2 Å². The van der Waals surface area contributed by atoms with Crippen molar-refractivity contribution in [3.8, 4) is 0 Å². The molecular formula is C16H20Cl2N2OS. The SMILES string of the molecule is CCn1c(C(C)O)nc(C(C)C)c1Sc1cc(Cl)cc(Cl)c1. The van der Waals surface area contributed by atoms with E-state index in [1.807, 2.05) is 19.1 Å². The summed E-state index contributed by atoms with van der Waals surface area (Å²) in [7, 11) is 0. The summed E-state index contributed by atoms with van der Waals surface area (Å²) in [6, 6.07) is 5.49. The molecule has 1 aromatic heterocycles. The number of halogens is 2. The lowest BCUT2D eigenvalue weighted by atomic mass is 10.1. The van der Waals surface area contributed by atoms with E-state index in [-0.39, 0.29) is 5.92 Å². The molecule has 0 spiro atoms. The van der Waals surface area contributed by atoms with Crippen molar-refractivity contribution in [3.05, 3.63) is 39.8 Å². The summed E-state index contributed by atoms with van der Waals surface area (Å²) in [5.41, 5.74) is 0.985. The fourth-order valence-electron chi connectivity index (χ4n) is 2.28. The van der Waals surface area contributed by atoms with Gasteiger partial charge >= 0.3 is 0 Å². The van der Waals surface area contributed by atoms with Crippen molar-refractivity contribution >= 4 is 35.0 Å². The number of aliphatic hydroxyl groups excluding tert-OH is 1. The van der Waals surface area contributed by atoms with Crippen LogP contribution in [0.3, 0.4) is 0 Å². The lowest BCUT2D eigenvalue weighted by Gasteiger charge is -2.12. The molecule has 3 nitrogen and oxygen atoms in total. The van der Waals surface area contributed by atoms with Crippen molar-refractivity contribution in [2.45, 2.75) is 56.2 Å². The van der Waals surface area contributed by atoms with Crippen LogP contribution in [0.5, 0.6) is 0 Å². The Bertz CT molecular complexity index is 648. The summed E-state index contributed by atoms with van der Waals surface area (Å²) in [6.07, 6.45) is -0.602. The topological polar surface area (TPSA) is 38.0 Å². The minimum atomic E-state index is -0.602. The van der Waals surface area contributed by atoms with Crippen LogP contribution in [-0.4, -0.2) is 14.7 Å². The van der Waals surface area contributed by atoms with Crippen molar-refractivity contribution in [1.29, 1.82) is 0 Å². The van der Waals surface area contributed by atoms with Crippen LogP contribution < -0.4 is 0 Å². The largest absolute Gasteiger partial charge is 0.385 e. The van der Waals surface area contributed by atoms with Gasteiger partial charge in [-0.15, -0.1) is 0 Å². The van der Waals surface area contributed by atoms with Crippen LogP contribution >= 0.6 is 35.0 Å². The number of hydrogen-bond donors (Lipinski definition) is 1. The van der Waals surface area contributed by atoms with Gasteiger partial charge in [-0.3, -0.25) is 0 Å². The molecule has 2 rings (SSSR count). The number of nitrogens with zero attached hydrogens (tertiary/aromatic N) is 2. The smallest absolute Gasteiger partial charge is 0.138 e. The van der Waals surface area contributed by atoms with Gasteiger partial charge in [0, 0.05) is 21.5 Å². The molecule has 0 saturated carbocycles. The van der Waals surface area contributed by atoms with Crippen LogP contribution in [0, 0.1) is 0 Å². The molecule has 1 aromatic carbocycles. The van der Waals surface area contributed by atoms with Crippen molar-refractivity contribution in [2.24, 2.45) is 0 Å². The second-order valence-corrected chi connectivity index (χ2v) is 7.38. The zero-order valence-corrected chi connectivity index (χ0v) is 15.4. The summed E-state index contributed by atoms with van der Waals surface area (Å²) < 4.78 is 2.06. The third kappa shape index (κ3) is 3.80. The zero-order valence-electron chi connectivity index (χ0n) is 13.1. The Balaban J connectivity index is 2.52. The Morgan fingerprint density at radius 1 is 1.18 bits per heavy atom. The van der Waals surface area contributed by atoms with E-state index in [0.29, 0.717) is 15.9 Å². The standard InChI is InChI=1S/C16H20Cl2N2OS/c1-5-20-15(10(4)21)19-14(9(2)3)16(20)22-13-7-11(17)6-12(18)8-13/h6-10,21H,5H2,1-4H3. The van der Waals surface area contributed by atoms with E-state index in [1.165, 1.54) is 0 Å². The van der Waals surface area contributed by atoms with Gasteiger partial charge in [0.2, 0.25) is 0 Å². The van der Waals surface area contributed by atoms with Gasteiger partial charge in [0.25, 0.3) is 0 Å². The number of rotatable bonds is 5. The monoisotopic (exact) mass is 358 g/mol. The molecule has 0 aliphatic rings. The maximum absolute atomic E-state index is 9.97. The molecule has 1 unspecified atom stereocenters. The molecule has 1 heterocycles. The Morgan fingerprint density at radius 3 is 2.23 bits per heavy atom. The van der Waals surface area contributed by atoms with E-state index < -0.39 is 6.10 Å². The molecule has 0 aliphatic heterocycles. The molecule has 120 valence electrons. The maximum Gasteiger partial charge on any atom is 0.138 e. The summed E-state index contributed by atoms with van der Waals surface area (Å²) in [5, 5.41) is 12.2. The molecule has 0 amide bonds. The highest BCUT2D eigenvalue weighted by molar-refractivity contribution is 7.99. The van der Waals surface area contributed by atoms with Crippen LogP contribution in [0.25, 0.3) is 0 Å². The number of aliphatic hydroxyl groups is 1. The minimum Gasteiger partial charge on any atom is -0.385 e. The van der Waals surface area contributed by atoms with Crippen molar-refractivity contribution in [2.75, 3.05) is 0 Å². The molecule has 0 bridgehead atoms. The quantitative estimate of drug-likeness (QED) is 0.762. The Hall–Kier alpha value is -0.680.